The topological polar surface area (TPSA) is 81.2 Å². The molecular weight excluding hydrogens is 314 g/mol. The third kappa shape index (κ3) is 2.86. The van der Waals surface area contributed by atoms with Crippen LogP contribution in [0.2, 0.25) is 0 Å². The number of aliphatic imine (C=N–C) groups is 1. The van der Waals surface area contributed by atoms with E-state index in [0.717, 1.165) is 33.1 Å². The maximum Gasteiger partial charge on any atom is 0.257 e. The smallest absolute Gasteiger partial charge is 0.257 e. The van der Waals surface area contributed by atoms with Gasteiger partial charge in [0.2, 0.25) is 0 Å². The molecule has 4 rings (SSSR count). The van der Waals surface area contributed by atoms with E-state index < -0.39 is 0 Å². The van der Waals surface area contributed by atoms with E-state index in [1.54, 1.807) is 6.21 Å². The molecule has 124 valence electrons. The van der Waals surface area contributed by atoms with Gasteiger partial charge in [-0.1, -0.05) is 18.2 Å². The normalized spacial score (nSPS) is 11.7. The SMILES string of the molecule is O=c1[nH]c2ccc3[nH]cccc3c2c1C=Nc1ccc(CCO)cc1. The van der Waals surface area contributed by atoms with Gasteiger partial charge in [0, 0.05) is 40.8 Å². The van der Waals surface area contributed by atoms with Crippen molar-refractivity contribution in [1.82, 2.24) is 9.97 Å². The van der Waals surface area contributed by atoms with Crippen molar-refractivity contribution in [3.05, 3.63) is 76.2 Å². The predicted molar refractivity (Wildman–Crippen MR) is 101 cm³/mol. The maximum atomic E-state index is 12.4. The first-order chi connectivity index (χ1) is 12.3. The summed E-state index contributed by atoms with van der Waals surface area (Å²) in [6.45, 7) is 0.127. The Hall–Kier alpha value is -3.18. The molecule has 5 nitrogen and oxygen atoms in total. The number of benzene rings is 2. The van der Waals surface area contributed by atoms with E-state index in [-0.39, 0.29) is 12.2 Å². The van der Waals surface area contributed by atoms with Gasteiger partial charge in [-0.3, -0.25) is 9.79 Å². The van der Waals surface area contributed by atoms with Crippen molar-refractivity contribution in [3.63, 3.8) is 0 Å². The molecule has 2 aromatic carbocycles. The zero-order chi connectivity index (χ0) is 17.2. The molecule has 0 saturated heterocycles. The van der Waals surface area contributed by atoms with E-state index in [0.29, 0.717) is 12.0 Å². The van der Waals surface area contributed by atoms with E-state index >= 15 is 0 Å². The van der Waals surface area contributed by atoms with Crippen molar-refractivity contribution in [1.29, 1.82) is 0 Å². The molecule has 0 saturated carbocycles. The maximum absolute atomic E-state index is 12.4. The number of pyridine rings is 1. The minimum absolute atomic E-state index is 0.127. The lowest BCUT2D eigenvalue weighted by atomic mass is 10.1. The van der Waals surface area contributed by atoms with Crippen molar-refractivity contribution in [2.75, 3.05) is 6.61 Å². The average Bonchev–Trinajstić information content (AvgIpc) is 2.97. The van der Waals surface area contributed by atoms with Gasteiger partial charge in [-0.05, 0) is 42.3 Å². The molecule has 3 N–H and O–H groups in total. The minimum atomic E-state index is -0.146. The summed E-state index contributed by atoms with van der Waals surface area (Å²) in [5, 5.41) is 10.8. The molecule has 0 amide bonds. The number of nitrogens with zero attached hydrogens (tertiary/aromatic N) is 1. The van der Waals surface area contributed by atoms with Gasteiger partial charge < -0.3 is 15.1 Å². The number of aromatic nitrogens is 2. The molecule has 4 aromatic rings. The third-order valence-corrected chi connectivity index (χ3v) is 4.29. The highest BCUT2D eigenvalue weighted by Gasteiger charge is 2.10. The van der Waals surface area contributed by atoms with Crippen LogP contribution in [0.3, 0.4) is 0 Å². The van der Waals surface area contributed by atoms with E-state index in [1.165, 1.54) is 0 Å². The average molecular weight is 331 g/mol. The highest BCUT2D eigenvalue weighted by Crippen LogP contribution is 2.24. The predicted octanol–water partition coefficient (Wildman–Crippen LogP) is 3.29. The summed E-state index contributed by atoms with van der Waals surface area (Å²) in [5.41, 5.74) is 4.00. The number of rotatable bonds is 4. The Bertz CT molecular complexity index is 1120. The molecule has 0 aliphatic rings. The first-order valence-electron chi connectivity index (χ1n) is 8.12. The second-order valence-corrected chi connectivity index (χ2v) is 5.89. The zero-order valence-corrected chi connectivity index (χ0v) is 13.5. The fourth-order valence-corrected chi connectivity index (χ4v) is 3.04. The van der Waals surface area contributed by atoms with Crippen molar-refractivity contribution in [2.24, 2.45) is 4.99 Å². The van der Waals surface area contributed by atoms with Gasteiger partial charge in [-0.25, -0.2) is 0 Å². The van der Waals surface area contributed by atoms with E-state index in [1.807, 2.05) is 54.7 Å². The molecule has 0 unspecified atom stereocenters. The van der Waals surface area contributed by atoms with Crippen molar-refractivity contribution in [2.45, 2.75) is 6.42 Å². The fourth-order valence-electron chi connectivity index (χ4n) is 3.04. The molecule has 0 radical (unpaired) electrons. The lowest BCUT2D eigenvalue weighted by Crippen LogP contribution is -2.04. The summed E-state index contributed by atoms with van der Waals surface area (Å²) in [5.74, 6) is 0. The van der Waals surface area contributed by atoms with Crippen LogP contribution in [0.5, 0.6) is 0 Å². The molecular formula is C20H17N3O2. The summed E-state index contributed by atoms with van der Waals surface area (Å²) in [6, 6.07) is 15.4. The summed E-state index contributed by atoms with van der Waals surface area (Å²) >= 11 is 0. The minimum Gasteiger partial charge on any atom is -0.396 e. The van der Waals surface area contributed by atoms with Gasteiger partial charge in [-0.15, -0.1) is 0 Å². The summed E-state index contributed by atoms with van der Waals surface area (Å²) in [4.78, 5) is 22.9. The van der Waals surface area contributed by atoms with Crippen LogP contribution in [-0.4, -0.2) is 27.9 Å². The van der Waals surface area contributed by atoms with Gasteiger partial charge >= 0.3 is 0 Å². The zero-order valence-electron chi connectivity index (χ0n) is 13.5. The second kappa shape index (κ2) is 6.37. The number of nitrogens with one attached hydrogen (secondary N) is 2. The van der Waals surface area contributed by atoms with Crippen molar-refractivity contribution < 1.29 is 5.11 Å². The Kier molecular flexibility index (Phi) is 3.91. The van der Waals surface area contributed by atoms with Crippen LogP contribution in [0.4, 0.5) is 5.69 Å². The number of aliphatic hydroxyl groups is 1. The summed E-state index contributed by atoms with van der Waals surface area (Å²) in [6.07, 6.45) is 4.11. The number of hydrogen-bond acceptors (Lipinski definition) is 3. The Morgan fingerprint density at radius 1 is 1.04 bits per heavy atom. The van der Waals surface area contributed by atoms with E-state index in [9.17, 15) is 4.79 Å². The number of aromatic amines is 2. The number of hydrogen-bond donors (Lipinski definition) is 3. The Balaban J connectivity index is 1.79. The molecule has 0 atom stereocenters. The first kappa shape index (κ1) is 15.4. The highest BCUT2D eigenvalue weighted by molar-refractivity contribution is 6.13. The molecule has 2 heterocycles. The standard InChI is InChI=1S/C20H17N3O2/c24-11-9-13-3-5-14(6-4-13)22-12-16-19-15-2-1-10-21-17(15)7-8-18(19)23-20(16)25/h1-8,10,12,21,24H,9,11H2,(H,23,25). The molecule has 0 bridgehead atoms. The quantitative estimate of drug-likeness (QED) is 0.502. The van der Waals surface area contributed by atoms with Crippen molar-refractivity contribution in [3.8, 4) is 0 Å². The Labute approximate surface area is 143 Å². The van der Waals surface area contributed by atoms with E-state index in [4.69, 9.17) is 5.11 Å². The van der Waals surface area contributed by atoms with Crippen LogP contribution < -0.4 is 5.56 Å². The second-order valence-electron chi connectivity index (χ2n) is 5.89. The van der Waals surface area contributed by atoms with Gasteiger partial charge in [0.1, 0.15) is 0 Å². The molecule has 0 fully saturated rings. The Morgan fingerprint density at radius 3 is 2.64 bits per heavy atom. The molecule has 0 aliphatic heterocycles. The van der Waals surface area contributed by atoms with Gasteiger partial charge in [0.15, 0.2) is 0 Å². The van der Waals surface area contributed by atoms with Crippen LogP contribution in [-0.2, 0) is 6.42 Å². The number of H-pyrrole nitrogens is 2. The largest absolute Gasteiger partial charge is 0.396 e. The van der Waals surface area contributed by atoms with Crippen LogP contribution in [0.1, 0.15) is 11.1 Å². The summed E-state index contributed by atoms with van der Waals surface area (Å²) in [7, 11) is 0. The lowest BCUT2D eigenvalue weighted by molar-refractivity contribution is 0.299. The van der Waals surface area contributed by atoms with Crippen LogP contribution >= 0.6 is 0 Å². The van der Waals surface area contributed by atoms with Gasteiger partial charge in [0.25, 0.3) is 5.56 Å². The first-order valence-corrected chi connectivity index (χ1v) is 8.12. The third-order valence-electron chi connectivity index (χ3n) is 4.29. The summed E-state index contributed by atoms with van der Waals surface area (Å²) < 4.78 is 0. The molecule has 2 aromatic heterocycles. The van der Waals surface area contributed by atoms with Crippen molar-refractivity contribution >= 4 is 33.7 Å². The van der Waals surface area contributed by atoms with Gasteiger partial charge in [-0.2, -0.15) is 0 Å². The van der Waals surface area contributed by atoms with Crippen LogP contribution in [0.15, 0.2) is 64.5 Å². The molecule has 0 spiro atoms. The van der Waals surface area contributed by atoms with Crippen LogP contribution in [0.25, 0.3) is 21.8 Å². The number of aliphatic hydroxyl groups excluding tert-OH is 1. The molecule has 0 aliphatic carbocycles. The van der Waals surface area contributed by atoms with Gasteiger partial charge in [0.05, 0.1) is 11.3 Å². The molecule has 5 heteroatoms. The monoisotopic (exact) mass is 331 g/mol. The van der Waals surface area contributed by atoms with E-state index in [2.05, 4.69) is 15.0 Å². The lowest BCUT2D eigenvalue weighted by Gasteiger charge is -2.01. The highest BCUT2D eigenvalue weighted by atomic mass is 16.2. The number of fused-ring (bicyclic) bond motifs is 3. The fraction of sp³-hybridized carbons (Fsp3) is 0.100. The molecule has 25 heavy (non-hydrogen) atoms. The Morgan fingerprint density at radius 2 is 1.84 bits per heavy atom. The van der Waals surface area contributed by atoms with Crippen LogP contribution in [0, 0.1) is 0 Å².